The Kier molecular flexibility index (Phi) is 2.94. The summed E-state index contributed by atoms with van der Waals surface area (Å²) in [4.78, 5) is 2.56. The van der Waals surface area contributed by atoms with Crippen molar-refractivity contribution in [1.82, 2.24) is 4.90 Å². The molecule has 1 heteroatoms. The molecule has 0 saturated carbocycles. The SMILES string of the molecule is CC(C)N1CCC=CC(C)(C)C1. The van der Waals surface area contributed by atoms with Crippen LogP contribution in [0.3, 0.4) is 0 Å². The van der Waals surface area contributed by atoms with Gasteiger partial charge in [0, 0.05) is 19.1 Å². The first-order chi connectivity index (χ1) is 5.51. The van der Waals surface area contributed by atoms with Gasteiger partial charge in [0.1, 0.15) is 0 Å². The van der Waals surface area contributed by atoms with Gasteiger partial charge in [-0.3, -0.25) is 4.90 Å². The number of rotatable bonds is 1. The second kappa shape index (κ2) is 3.61. The fourth-order valence-corrected chi connectivity index (χ4v) is 1.74. The van der Waals surface area contributed by atoms with Crippen molar-refractivity contribution in [2.75, 3.05) is 13.1 Å². The fourth-order valence-electron chi connectivity index (χ4n) is 1.74. The van der Waals surface area contributed by atoms with Crippen LogP contribution in [0.15, 0.2) is 12.2 Å². The summed E-state index contributed by atoms with van der Waals surface area (Å²) in [5.74, 6) is 0. The van der Waals surface area contributed by atoms with Gasteiger partial charge >= 0.3 is 0 Å². The standard InChI is InChI=1S/C11H21N/c1-10(2)12-8-6-5-7-11(3,4)9-12/h5,7,10H,6,8-9H2,1-4H3. The summed E-state index contributed by atoms with van der Waals surface area (Å²) in [6.07, 6.45) is 5.89. The monoisotopic (exact) mass is 167 g/mol. The number of hydrogen-bond acceptors (Lipinski definition) is 1. The van der Waals surface area contributed by atoms with Crippen LogP contribution in [0, 0.1) is 5.41 Å². The highest BCUT2D eigenvalue weighted by atomic mass is 15.1. The second-order valence-electron chi connectivity index (χ2n) is 4.74. The van der Waals surface area contributed by atoms with E-state index < -0.39 is 0 Å². The summed E-state index contributed by atoms with van der Waals surface area (Å²) in [7, 11) is 0. The average molecular weight is 167 g/mol. The molecule has 0 radical (unpaired) electrons. The van der Waals surface area contributed by atoms with E-state index in [1.165, 1.54) is 19.5 Å². The van der Waals surface area contributed by atoms with E-state index in [0.717, 1.165) is 0 Å². The molecule has 1 aliphatic heterocycles. The van der Waals surface area contributed by atoms with Gasteiger partial charge in [0.2, 0.25) is 0 Å². The van der Waals surface area contributed by atoms with Gasteiger partial charge in [0.15, 0.2) is 0 Å². The molecular formula is C11H21N. The lowest BCUT2D eigenvalue weighted by Crippen LogP contribution is -2.37. The maximum absolute atomic E-state index is 2.56. The Labute approximate surface area is 76.5 Å². The van der Waals surface area contributed by atoms with E-state index in [2.05, 4.69) is 44.7 Å². The van der Waals surface area contributed by atoms with Crippen molar-refractivity contribution in [2.45, 2.75) is 40.2 Å². The molecule has 0 fully saturated rings. The normalized spacial score (nSPS) is 24.4. The molecule has 1 nitrogen and oxygen atoms in total. The van der Waals surface area contributed by atoms with Crippen molar-refractivity contribution in [3.05, 3.63) is 12.2 Å². The Hall–Kier alpha value is -0.300. The largest absolute Gasteiger partial charge is 0.300 e. The minimum atomic E-state index is 0.362. The van der Waals surface area contributed by atoms with Crippen LogP contribution in [0.4, 0.5) is 0 Å². The molecule has 0 atom stereocenters. The Morgan fingerprint density at radius 1 is 1.33 bits per heavy atom. The van der Waals surface area contributed by atoms with Crippen LogP contribution in [0.1, 0.15) is 34.1 Å². The molecule has 0 bridgehead atoms. The van der Waals surface area contributed by atoms with Gasteiger partial charge < -0.3 is 0 Å². The van der Waals surface area contributed by atoms with Crippen molar-refractivity contribution in [3.8, 4) is 0 Å². The van der Waals surface area contributed by atoms with Gasteiger partial charge in [0.05, 0.1) is 0 Å². The number of hydrogen-bond donors (Lipinski definition) is 0. The summed E-state index contributed by atoms with van der Waals surface area (Å²) in [5, 5.41) is 0. The molecule has 0 aromatic heterocycles. The molecule has 0 unspecified atom stereocenters. The van der Waals surface area contributed by atoms with Crippen molar-refractivity contribution in [1.29, 1.82) is 0 Å². The number of nitrogens with zero attached hydrogens (tertiary/aromatic N) is 1. The molecule has 0 N–H and O–H groups in total. The topological polar surface area (TPSA) is 3.24 Å². The third-order valence-corrected chi connectivity index (χ3v) is 2.49. The van der Waals surface area contributed by atoms with Crippen molar-refractivity contribution in [2.24, 2.45) is 5.41 Å². The van der Waals surface area contributed by atoms with Crippen molar-refractivity contribution < 1.29 is 0 Å². The third kappa shape index (κ3) is 2.63. The molecule has 0 saturated heterocycles. The van der Waals surface area contributed by atoms with Crippen LogP contribution >= 0.6 is 0 Å². The van der Waals surface area contributed by atoms with Crippen LogP contribution in [0.25, 0.3) is 0 Å². The second-order valence-corrected chi connectivity index (χ2v) is 4.74. The van der Waals surface area contributed by atoms with E-state index in [9.17, 15) is 0 Å². The lowest BCUT2D eigenvalue weighted by Gasteiger charge is -2.31. The highest BCUT2D eigenvalue weighted by Gasteiger charge is 2.22. The van der Waals surface area contributed by atoms with Crippen LogP contribution in [-0.2, 0) is 0 Å². The summed E-state index contributed by atoms with van der Waals surface area (Å²) in [6.45, 7) is 11.6. The highest BCUT2D eigenvalue weighted by Crippen LogP contribution is 2.23. The maximum atomic E-state index is 2.56. The first kappa shape index (κ1) is 9.79. The molecule has 12 heavy (non-hydrogen) atoms. The molecular weight excluding hydrogens is 146 g/mol. The highest BCUT2D eigenvalue weighted by molar-refractivity contribution is 4.99. The Balaban J connectivity index is 2.61. The molecule has 0 aromatic carbocycles. The van der Waals surface area contributed by atoms with Gasteiger partial charge in [-0.25, -0.2) is 0 Å². The molecule has 0 aliphatic carbocycles. The lowest BCUT2D eigenvalue weighted by atomic mass is 9.92. The van der Waals surface area contributed by atoms with E-state index >= 15 is 0 Å². The van der Waals surface area contributed by atoms with E-state index in [-0.39, 0.29) is 0 Å². The average Bonchev–Trinajstić information content (AvgIpc) is 2.10. The zero-order valence-corrected chi connectivity index (χ0v) is 8.80. The maximum Gasteiger partial charge on any atom is 0.00702 e. The van der Waals surface area contributed by atoms with Crippen LogP contribution in [-0.4, -0.2) is 24.0 Å². The Morgan fingerprint density at radius 2 is 2.00 bits per heavy atom. The molecule has 0 spiro atoms. The first-order valence-corrected chi connectivity index (χ1v) is 4.93. The summed E-state index contributed by atoms with van der Waals surface area (Å²) < 4.78 is 0. The molecule has 1 aliphatic rings. The Morgan fingerprint density at radius 3 is 2.58 bits per heavy atom. The van der Waals surface area contributed by atoms with E-state index in [4.69, 9.17) is 0 Å². The smallest absolute Gasteiger partial charge is 0.00702 e. The summed E-state index contributed by atoms with van der Waals surface area (Å²) in [5.41, 5.74) is 0.362. The quantitative estimate of drug-likeness (QED) is 0.543. The lowest BCUT2D eigenvalue weighted by molar-refractivity contribution is 0.179. The summed E-state index contributed by atoms with van der Waals surface area (Å²) >= 11 is 0. The minimum Gasteiger partial charge on any atom is -0.300 e. The Bertz CT molecular complexity index is 168. The zero-order valence-electron chi connectivity index (χ0n) is 8.80. The van der Waals surface area contributed by atoms with Gasteiger partial charge in [-0.2, -0.15) is 0 Å². The van der Waals surface area contributed by atoms with E-state index in [0.29, 0.717) is 11.5 Å². The molecule has 0 aromatic rings. The van der Waals surface area contributed by atoms with Gasteiger partial charge in [-0.15, -0.1) is 0 Å². The zero-order chi connectivity index (χ0) is 9.19. The third-order valence-electron chi connectivity index (χ3n) is 2.49. The first-order valence-electron chi connectivity index (χ1n) is 4.93. The van der Waals surface area contributed by atoms with Crippen LogP contribution < -0.4 is 0 Å². The van der Waals surface area contributed by atoms with Gasteiger partial charge in [-0.05, 0) is 25.7 Å². The minimum absolute atomic E-state index is 0.362. The van der Waals surface area contributed by atoms with Crippen molar-refractivity contribution in [3.63, 3.8) is 0 Å². The predicted octanol–water partition coefficient (Wildman–Crippen LogP) is 2.68. The van der Waals surface area contributed by atoms with Crippen molar-refractivity contribution >= 4 is 0 Å². The summed E-state index contributed by atoms with van der Waals surface area (Å²) in [6, 6.07) is 0.684. The van der Waals surface area contributed by atoms with Crippen LogP contribution in [0.2, 0.25) is 0 Å². The molecule has 0 amide bonds. The van der Waals surface area contributed by atoms with E-state index in [1.54, 1.807) is 0 Å². The van der Waals surface area contributed by atoms with E-state index in [1.807, 2.05) is 0 Å². The van der Waals surface area contributed by atoms with Gasteiger partial charge in [-0.1, -0.05) is 26.0 Å². The molecule has 1 heterocycles. The van der Waals surface area contributed by atoms with Gasteiger partial charge in [0.25, 0.3) is 0 Å². The fraction of sp³-hybridized carbons (Fsp3) is 0.818. The molecule has 1 rings (SSSR count). The predicted molar refractivity (Wildman–Crippen MR) is 54.2 cm³/mol. The van der Waals surface area contributed by atoms with Crippen LogP contribution in [0.5, 0.6) is 0 Å². The molecule has 70 valence electrons.